The molecule has 0 aromatic heterocycles. The Morgan fingerprint density at radius 2 is 2.14 bits per heavy atom. The van der Waals surface area contributed by atoms with Crippen LogP contribution in [0.3, 0.4) is 0 Å². The van der Waals surface area contributed by atoms with Gasteiger partial charge in [-0.1, -0.05) is 0 Å². The molecule has 1 aromatic carbocycles. The summed E-state index contributed by atoms with van der Waals surface area (Å²) in [6.07, 6.45) is 2.59. The molecular weight excluding hydrogens is 174 g/mol. The van der Waals surface area contributed by atoms with E-state index in [2.05, 4.69) is 18.0 Å². The Hall–Kier alpha value is -1.22. The minimum Gasteiger partial charge on any atom is -0.399 e. The van der Waals surface area contributed by atoms with Gasteiger partial charge in [0.2, 0.25) is 0 Å². The van der Waals surface area contributed by atoms with Crippen LogP contribution in [0.2, 0.25) is 0 Å². The predicted molar refractivity (Wildman–Crippen MR) is 60.2 cm³/mol. The molecule has 14 heavy (non-hydrogen) atoms. The fourth-order valence-corrected chi connectivity index (χ4v) is 1.77. The Bertz CT molecular complexity index is 331. The number of nitrogen functional groups attached to an aromatic ring is 1. The zero-order chi connectivity index (χ0) is 10.1. The van der Waals surface area contributed by atoms with E-state index in [0.29, 0.717) is 12.6 Å². The molecule has 2 rings (SSSR count). The smallest absolute Gasteiger partial charge is 0.0413 e. The van der Waals surface area contributed by atoms with Crippen molar-refractivity contribution in [1.82, 2.24) is 0 Å². The van der Waals surface area contributed by atoms with Gasteiger partial charge >= 0.3 is 0 Å². The maximum absolute atomic E-state index is 5.72. The average Bonchev–Trinajstić information content (AvgIpc) is 3.00. The fourth-order valence-electron chi connectivity index (χ4n) is 1.77. The third kappa shape index (κ3) is 1.68. The lowest BCUT2D eigenvalue weighted by Crippen LogP contribution is -2.21. The molecule has 1 saturated carbocycles. The molecule has 0 amide bonds. The number of benzene rings is 1. The highest BCUT2D eigenvalue weighted by Gasteiger charge is 2.27. The number of nitrogens with two attached hydrogens (primary N) is 2. The summed E-state index contributed by atoms with van der Waals surface area (Å²) in [6.45, 7) is 0.553. The van der Waals surface area contributed by atoms with Gasteiger partial charge in [-0.15, -0.1) is 0 Å². The molecule has 1 aromatic rings. The van der Waals surface area contributed by atoms with Gasteiger partial charge in [-0.2, -0.15) is 0 Å². The zero-order valence-electron chi connectivity index (χ0n) is 8.53. The van der Waals surface area contributed by atoms with Crippen molar-refractivity contribution >= 4 is 11.4 Å². The van der Waals surface area contributed by atoms with Crippen LogP contribution in [0, 0.1) is 0 Å². The highest BCUT2D eigenvalue weighted by atomic mass is 15.2. The number of nitrogens with zero attached hydrogens (tertiary/aromatic N) is 1. The number of hydrogen-bond acceptors (Lipinski definition) is 3. The first-order valence-electron chi connectivity index (χ1n) is 5.03. The minimum atomic E-state index is 0.553. The van der Waals surface area contributed by atoms with Crippen LogP contribution in [0.15, 0.2) is 18.2 Å². The van der Waals surface area contributed by atoms with E-state index in [-0.39, 0.29) is 0 Å². The van der Waals surface area contributed by atoms with E-state index < -0.39 is 0 Å². The summed E-state index contributed by atoms with van der Waals surface area (Å²) >= 11 is 0. The Balaban J connectivity index is 2.30. The van der Waals surface area contributed by atoms with Gasteiger partial charge in [0.25, 0.3) is 0 Å². The van der Waals surface area contributed by atoms with E-state index in [1.165, 1.54) is 18.5 Å². The van der Waals surface area contributed by atoms with Gasteiger partial charge in [-0.25, -0.2) is 0 Å². The summed E-state index contributed by atoms with van der Waals surface area (Å²) < 4.78 is 0. The van der Waals surface area contributed by atoms with Crippen molar-refractivity contribution in [3.05, 3.63) is 23.8 Å². The van der Waals surface area contributed by atoms with E-state index >= 15 is 0 Å². The normalized spacial score (nSPS) is 15.6. The van der Waals surface area contributed by atoms with Gasteiger partial charge in [-0.3, -0.25) is 0 Å². The second-order valence-electron chi connectivity index (χ2n) is 3.93. The lowest BCUT2D eigenvalue weighted by molar-refractivity contribution is 0.899. The van der Waals surface area contributed by atoms with Crippen molar-refractivity contribution in [1.29, 1.82) is 0 Å². The molecule has 3 nitrogen and oxygen atoms in total. The highest BCUT2D eigenvalue weighted by molar-refractivity contribution is 5.60. The summed E-state index contributed by atoms with van der Waals surface area (Å²) in [6, 6.07) is 6.68. The lowest BCUT2D eigenvalue weighted by Gasteiger charge is -2.22. The number of anilines is 2. The lowest BCUT2D eigenvalue weighted by atomic mass is 10.1. The van der Waals surface area contributed by atoms with Crippen LogP contribution in [-0.4, -0.2) is 13.1 Å². The Morgan fingerprint density at radius 1 is 1.43 bits per heavy atom. The molecule has 0 saturated heterocycles. The molecule has 1 fully saturated rings. The van der Waals surface area contributed by atoms with E-state index in [4.69, 9.17) is 11.5 Å². The van der Waals surface area contributed by atoms with Gasteiger partial charge in [0.1, 0.15) is 0 Å². The van der Waals surface area contributed by atoms with Crippen molar-refractivity contribution in [2.24, 2.45) is 5.73 Å². The van der Waals surface area contributed by atoms with Gasteiger partial charge in [0.05, 0.1) is 0 Å². The van der Waals surface area contributed by atoms with E-state index in [0.717, 1.165) is 11.3 Å². The van der Waals surface area contributed by atoms with Crippen molar-refractivity contribution < 1.29 is 0 Å². The molecule has 0 atom stereocenters. The van der Waals surface area contributed by atoms with Crippen molar-refractivity contribution in [3.63, 3.8) is 0 Å². The van der Waals surface area contributed by atoms with E-state index in [1.807, 2.05) is 12.1 Å². The maximum atomic E-state index is 5.72. The molecule has 0 unspecified atom stereocenters. The molecule has 0 bridgehead atoms. The summed E-state index contributed by atoms with van der Waals surface area (Å²) in [7, 11) is 2.13. The van der Waals surface area contributed by atoms with Crippen LogP contribution in [0.1, 0.15) is 18.4 Å². The van der Waals surface area contributed by atoms with Gasteiger partial charge in [-0.05, 0) is 36.6 Å². The van der Waals surface area contributed by atoms with Crippen LogP contribution in [0.4, 0.5) is 11.4 Å². The molecule has 1 aliphatic carbocycles. The Kier molecular flexibility index (Phi) is 2.33. The van der Waals surface area contributed by atoms with Gasteiger partial charge in [0, 0.05) is 31.0 Å². The van der Waals surface area contributed by atoms with Crippen LogP contribution in [-0.2, 0) is 6.54 Å². The standard InChI is InChI=1S/C11H17N3/c1-14(10-3-4-10)11-5-2-9(13)6-8(11)7-12/h2,5-6,10H,3-4,7,12-13H2,1H3. The summed E-state index contributed by atoms with van der Waals surface area (Å²) in [5, 5.41) is 0. The molecule has 1 aliphatic rings. The first kappa shape index (κ1) is 9.34. The Labute approximate surface area is 84.7 Å². The molecule has 0 aliphatic heterocycles. The topological polar surface area (TPSA) is 55.3 Å². The summed E-state index contributed by atoms with van der Waals surface area (Å²) in [5.74, 6) is 0. The summed E-state index contributed by atoms with van der Waals surface area (Å²) in [4.78, 5) is 2.31. The minimum absolute atomic E-state index is 0.553. The van der Waals surface area contributed by atoms with Crippen LogP contribution >= 0.6 is 0 Å². The van der Waals surface area contributed by atoms with Crippen LogP contribution in [0.5, 0.6) is 0 Å². The van der Waals surface area contributed by atoms with Crippen molar-refractivity contribution in [2.45, 2.75) is 25.4 Å². The molecule has 0 heterocycles. The molecule has 0 spiro atoms. The highest BCUT2D eigenvalue weighted by Crippen LogP contribution is 2.32. The van der Waals surface area contributed by atoms with Gasteiger partial charge < -0.3 is 16.4 Å². The Morgan fingerprint density at radius 3 is 2.71 bits per heavy atom. The third-order valence-corrected chi connectivity index (χ3v) is 2.80. The molecule has 76 valence electrons. The predicted octanol–water partition coefficient (Wildman–Crippen LogP) is 1.33. The second-order valence-corrected chi connectivity index (χ2v) is 3.93. The maximum Gasteiger partial charge on any atom is 0.0413 e. The molecule has 3 heteroatoms. The molecule has 4 N–H and O–H groups in total. The summed E-state index contributed by atoms with van der Waals surface area (Å²) in [5.41, 5.74) is 14.6. The quantitative estimate of drug-likeness (QED) is 0.709. The van der Waals surface area contributed by atoms with Crippen LogP contribution in [0.25, 0.3) is 0 Å². The fraction of sp³-hybridized carbons (Fsp3) is 0.455. The second kappa shape index (κ2) is 3.50. The van der Waals surface area contributed by atoms with Crippen molar-refractivity contribution in [2.75, 3.05) is 17.7 Å². The third-order valence-electron chi connectivity index (χ3n) is 2.80. The molecule has 0 radical (unpaired) electrons. The SMILES string of the molecule is CN(c1ccc(N)cc1CN)C1CC1. The van der Waals surface area contributed by atoms with E-state index in [9.17, 15) is 0 Å². The van der Waals surface area contributed by atoms with E-state index in [1.54, 1.807) is 0 Å². The largest absolute Gasteiger partial charge is 0.399 e. The number of hydrogen-bond donors (Lipinski definition) is 2. The first-order chi connectivity index (χ1) is 6.72. The number of rotatable bonds is 3. The van der Waals surface area contributed by atoms with Crippen LogP contribution < -0.4 is 16.4 Å². The average molecular weight is 191 g/mol. The monoisotopic (exact) mass is 191 g/mol. The van der Waals surface area contributed by atoms with Gasteiger partial charge in [0.15, 0.2) is 0 Å². The zero-order valence-corrected chi connectivity index (χ0v) is 8.53. The molecular formula is C11H17N3. The van der Waals surface area contributed by atoms with Crippen molar-refractivity contribution in [3.8, 4) is 0 Å². The first-order valence-corrected chi connectivity index (χ1v) is 5.03.